The maximum atomic E-state index is 2.41. The lowest BCUT2D eigenvalue weighted by Gasteiger charge is -2.23. The first-order chi connectivity index (χ1) is 20.4. The largest absolute Gasteiger partial charge is 0.0877 e. The summed E-state index contributed by atoms with van der Waals surface area (Å²) in [5, 5.41) is 7.87. The Balaban J connectivity index is 1.30. The van der Waals surface area contributed by atoms with E-state index in [0.717, 1.165) is 0 Å². The molecule has 1 aliphatic heterocycles. The molecule has 0 saturated heterocycles. The lowest BCUT2D eigenvalue weighted by atomic mass is 9.83. The summed E-state index contributed by atoms with van der Waals surface area (Å²) in [6, 6.07) is 47.5. The first-order valence-electron chi connectivity index (χ1n) is 14.5. The van der Waals surface area contributed by atoms with Crippen LogP contribution in [0.1, 0.15) is 26.3 Å². The minimum atomic E-state index is 0.0300. The van der Waals surface area contributed by atoms with Gasteiger partial charge in [0.1, 0.15) is 0 Å². The predicted octanol–water partition coefficient (Wildman–Crippen LogP) is 12.4. The molecule has 7 aromatic rings. The van der Waals surface area contributed by atoms with Crippen LogP contribution in [0, 0.1) is 0 Å². The highest BCUT2D eigenvalue weighted by molar-refractivity contribution is 8.05. The Morgan fingerprint density at radius 1 is 0.357 bits per heavy atom. The van der Waals surface area contributed by atoms with Crippen LogP contribution < -0.4 is 0 Å². The molecule has 42 heavy (non-hydrogen) atoms. The third-order valence-corrected chi connectivity index (χ3v) is 11.0. The van der Waals surface area contributed by atoms with Crippen LogP contribution in [0.15, 0.2) is 147 Å². The molecule has 0 spiro atoms. The molecule has 0 amide bonds. The summed E-state index contributed by atoms with van der Waals surface area (Å²) in [6.07, 6.45) is 0. The second-order valence-electron chi connectivity index (χ2n) is 12.2. The highest BCUT2D eigenvalue weighted by Gasteiger charge is 2.20. The lowest BCUT2D eigenvalue weighted by Crippen LogP contribution is -2.11. The van der Waals surface area contributed by atoms with Crippen LogP contribution in [0.25, 0.3) is 54.6 Å². The summed E-state index contributed by atoms with van der Waals surface area (Å²) in [5.41, 5.74) is 6.44. The molecule has 0 aromatic heterocycles. The zero-order valence-electron chi connectivity index (χ0n) is 23.9. The van der Waals surface area contributed by atoms with E-state index >= 15 is 0 Å². The molecule has 8 rings (SSSR count). The Bertz CT molecular complexity index is 2150. The van der Waals surface area contributed by atoms with E-state index in [0.29, 0.717) is 0 Å². The fraction of sp³-hybridized carbons (Fsp3) is 0.100. The van der Waals surface area contributed by atoms with Crippen molar-refractivity contribution in [2.45, 2.75) is 45.8 Å². The van der Waals surface area contributed by atoms with Crippen LogP contribution in [-0.2, 0) is 5.41 Å². The van der Waals surface area contributed by atoms with Gasteiger partial charge in [-0.1, -0.05) is 135 Å². The van der Waals surface area contributed by atoms with Gasteiger partial charge in [0.2, 0.25) is 0 Å². The van der Waals surface area contributed by atoms with E-state index in [1.165, 1.54) is 79.7 Å². The Morgan fingerprint density at radius 3 is 1.40 bits per heavy atom. The van der Waals surface area contributed by atoms with Gasteiger partial charge in [-0.15, -0.1) is 0 Å². The maximum Gasteiger partial charge on any atom is 0.0268 e. The fourth-order valence-electron chi connectivity index (χ4n) is 6.19. The van der Waals surface area contributed by atoms with Crippen molar-refractivity contribution in [1.82, 2.24) is 0 Å². The number of benzene rings is 7. The van der Waals surface area contributed by atoms with E-state index < -0.39 is 0 Å². The number of hydrogen-bond acceptors (Lipinski definition) is 2. The number of rotatable bonds is 2. The molecular formula is C40H30S2. The van der Waals surface area contributed by atoms with Crippen molar-refractivity contribution in [3.05, 3.63) is 133 Å². The van der Waals surface area contributed by atoms with Crippen molar-refractivity contribution >= 4 is 55.8 Å². The normalized spacial score (nSPS) is 12.9. The summed E-state index contributed by atoms with van der Waals surface area (Å²) in [6.45, 7) is 6.94. The summed E-state index contributed by atoms with van der Waals surface area (Å²) in [5.74, 6) is 0. The molecule has 2 heteroatoms. The zero-order valence-corrected chi connectivity index (χ0v) is 25.6. The first-order valence-corrected chi connectivity index (χ1v) is 16.1. The Kier molecular flexibility index (Phi) is 6.00. The highest BCUT2D eigenvalue weighted by atomic mass is 32.2. The maximum absolute atomic E-state index is 2.41. The summed E-state index contributed by atoms with van der Waals surface area (Å²) in [4.78, 5) is 5.36. The van der Waals surface area contributed by atoms with Crippen molar-refractivity contribution in [3.63, 3.8) is 0 Å². The average molecular weight is 575 g/mol. The van der Waals surface area contributed by atoms with Gasteiger partial charge in [0.15, 0.2) is 0 Å². The van der Waals surface area contributed by atoms with Crippen molar-refractivity contribution < 1.29 is 0 Å². The second-order valence-corrected chi connectivity index (χ2v) is 14.4. The molecule has 7 aromatic carbocycles. The summed E-state index contributed by atoms with van der Waals surface area (Å²) in [7, 11) is 0. The van der Waals surface area contributed by atoms with Gasteiger partial charge in [-0.2, -0.15) is 0 Å². The second kappa shape index (κ2) is 9.80. The van der Waals surface area contributed by atoms with Gasteiger partial charge in [-0.05, 0) is 102 Å². The van der Waals surface area contributed by atoms with Crippen molar-refractivity contribution in [3.8, 4) is 22.3 Å². The van der Waals surface area contributed by atoms with E-state index in [-0.39, 0.29) is 5.41 Å². The fourth-order valence-corrected chi connectivity index (χ4v) is 8.44. The molecule has 0 bridgehead atoms. The third kappa shape index (κ3) is 4.33. The van der Waals surface area contributed by atoms with Gasteiger partial charge in [0.25, 0.3) is 0 Å². The molecule has 0 saturated carbocycles. The van der Waals surface area contributed by atoms with Crippen LogP contribution in [0.5, 0.6) is 0 Å². The smallest absolute Gasteiger partial charge is 0.0268 e. The van der Waals surface area contributed by atoms with Crippen molar-refractivity contribution in [2.75, 3.05) is 0 Å². The van der Waals surface area contributed by atoms with E-state index in [2.05, 4.69) is 148 Å². The quantitative estimate of drug-likeness (QED) is 0.188. The van der Waals surface area contributed by atoms with Gasteiger partial charge in [0, 0.05) is 19.6 Å². The third-order valence-electron chi connectivity index (χ3n) is 8.44. The van der Waals surface area contributed by atoms with Crippen LogP contribution in [-0.4, -0.2) is 0 Å². The zero-order chi connectivity index (χ0) is 28.4. The molecule has 202 valence electrons. The molecule has 0 fully saturated rings. The molecule has 0 unspecified atom stereocenters. The minimum Gasteiger partial charge on any atom is -0.0877 e. The Hall–Kier alpha value is -3.98. The summed E-state index contributed by atoms with van der Waals surface area (Å²) < 4.78 is 0. The van der Waals surface area contributed by atoms with Crippen LogP contribution in [0.3, 0.4) is 0 Å². The van der Waals surface area contributed by atoms with Crippen molar-refractivity contribution in [2.24, 2.45) is 0 Å². The van der Waals surface area contributed by atoms with E-state index in [1.807, 2.05) is 23.5 Å². The molecule has 0 N–H and O–H groups in total. The van der Waals surface area contributed by atoms with Gasteiger partial charge in [0.05, 0.1) is 0 Å². The molecule has 0 atom stereocenters. The monoisotopic (exact) mass is 574 g/mol. The number of hydrogen-bond donors (Lipinski definition) is 0. The average Bonchev–Trinajstić information content (AvgIpc) is 3.03. The first kappa shape index (κ1) is 25.7. The van der Waals surface area contributed by atoms with Gasteiger partial charge in [-0.25, -0.2) is 0 Å². The summed E-state index contributed by atoms with van der Waals surface area (Å²) >= 11 is 3.76. The number of fused-ring (bicyclic) bond motifs is 8. The molecular weight excluding hydrogens is 545 g/mol. The molecule has 1 heterocycles. The van der Waals surface area contributed by atoms with E-state index in [9.17, 15) is 0 Å². The molecule has 0 nitrogen and oxygen atoms in total. The predicted molar refractivity (Wildman–Crippen MR) is 183 cm³/mol. The van der Waals surface area contributed by atoms with Crippen LogP contribution in [0.2, 0.25) is 0 Å². The van der Waals surface area contributed by atoms with Crippen molar-refractivity contribution in [1.29, 1.82) is 0 Å². The molecule has 1 aliphatic rings. The standard InChI is InChI=1S/C40H30S2/c1-40(2,3)29-21-27(20-28(22-29)26-17-19-38-39(24-26)42-37-15-9-8-14-36(37)41-38)25-16-18-34-32-12-5-4-10-30(32)31-11-6-7-13-33(31)35(34)23-25/h4-24H,1-3H3. The topological polar surface area (TPSA) is 0 Å². The minimum absolute atomic E-state index is 0.0300. The highest BCUT2D eigenvalue weighted by Crippen LogP contribution is 2.49. The molecule has 0 aliphatic carbocycles. The van der Waals surface area contributed by atoms with E-state index in [4.69, 9.17) is 0 Å². The SMILES string of the molecule is CC(C)(C)c1cc(-c2ccc3c(c2)Sc2ccccc2S3)cc(-c2ccc3c4ccccc4c4ccccc4c3c2)c1. The van der Waals surface area contributed by atoms with Gasteiger partial charge in [-0.3, -0.25) is 0 Å². The Labute approximate surface area is 255 Å². The van der Waals surface area contributed by atoms with Crippen LogP contribution >= 0.6 is 23.5 Å². The lowest BCUT2D eigenvalue weighted by molar-refractivity contribution is 0.590. The van der Waals surface area contributed by atoms with Crippen LogP contribution in [0.4, 0.5) is 0 Å². The van der Waals surface area contributed by atoms with E-state index in [1.54, 1.807) is 0 Å². The van der Waals surface area contributed by atoms with Gasteiger partial charge >= 0.3 is 0 Å². The van der Waals surface area contributed by atoms with Gasteiger partial charge < -0.3 is 0 Å². The Morgan fingerprint density at radius 2 is 0.810 bits per heavy atom. The molecule has 0 radical (unpaired) electrons.